The Morgan fingerprint density at radius 1 is 1.16 bits per heavy atom. The number of nitrogens with zero attached hydrogens (tertiary/aromatic N) is 2. The first kappa shape index (κ1) is 17.6. The van der Waals surface area contributed by atoms with Crippen LogP contribution in [0.5, 0.6) is 0 Å². The molecule has 1 aromatic carbocycles. The Balaban J connectivity index is 1.42. The smallest absolute Gasteiger partial charge is 0.222 e. The van der Waals surface area contributed by atoms with Gasteiger partial charge < -0.3 is 10.0 Å². The number of likely N-dealkylation sites (tertiary alicyclic amines) is 1. The first-order chi connectivity index (χ1) is 12.2. The molecule has 1 amide bonds. The molecule has 2 atom stereocenters. The van der Waals surface area contributed by atoms with Crippen molar-refractivity contribution in [2.24, 2.45) is 0 Å². The van der Waals surface area contributed by atoms with Gasteiger partial charge in [-0.05, 0) is 42.9 Å². The van der Waals surface area contributed by atoms with Gasteiger partial charge in [0.25, 0.3) is 0 Å². The molecule has 2 aromatic rings. The van der Waals surface area contributed by atoms with Crippen molar-refractivity contribution < 1.29 is 9.90 Å². The van der Waals surface area contributed by atoms with Gasteiger partial charge >= 0.3 is 0 Å². The lowest BCUT2D eigenvalue weighted by molar-refractivity contribution is -0.134. The molecule has 0 radical (unpaired) electrons. The number of carbonyl (C=O) groups is 1. The molecule has 0 saturated carbocycles. The molecular weight excluding hydrogens is 312 g/mol. The van der Waals surface area contributed by atoms with Crippen LogP contribution in [-0.2, 0) is 11.2 Å². The minimum absolute atomic E-state index is 0.135. The average Bonchev–Trinajstić information content (AvgIpc) is 2.66. The van der Waals surface area contributed by atoms with E-state index in [-0.39, 0.29) is 11.8 Å². The SMILES string of the molecule is O=C(CCCCc1cccnc1)N1CC[C@H](c2ccccc2)[C@H](O)C1. The molecule has 1 aliphatic rings. The number of pyridine rings is 1. The van der Waals surface area contributed by atoms with Crippen LogP contribution in [0.2, 0.25) is 0 Å². The summed E-state index contributed by atoms with van der Waals surface area (Å²) in [6, 6.07) is 14.1. The van der Waals surface area contributed by atoms with Crippen molar-refractivity contribution in [1.82, 2.24) is 9.88 Å². The van der Waals surface area contributed by atoms with Gasteiger partial charge in [0.1, 0.15) is 0 Å². The third-order valence-electron chi connectivity index (χ3n) is 4.99. The number of benzene rings is 1. The van der Waals surface area contributed by atoms with E-state index < -0.39 is 6.10 Å². The van der Waals surface area contributed by atoms with Gasteiger partial charge in [-0.25, -0.2) is 0 Å². The highest BCUT2D eigenvalue weighted by Crippen LogP contribution is 2.28. The number of piperidine rings is 1. The van der Waals surface area contributed by atoms with Crippen LogP contribution in [0.15, 0.2) is 54.9 Å². The number of rotatable bonds is 6. The summed E-state index contributed by atoms with van der Waals surface area (Å²) in [4.78, 5) is 18.3. The number of aliphatic hydroxyl groups is 1. The Morgan fingerprint density at radius 3 is 2.72 bits per heavy atom. The molecule has 1 fully saturated rings. The number of hydrogen-bond acceptors (Lipinski definition) is 3. The van der Waals surface area contributed by atoms with E-state index in [9.17, 15) is 9.90 Å². The minimum Gasteiger partial charge on any atom is -0.391 e. The Morgan fingerprint density at radius 2 is 2.00 bits per heavy atom. The second-order valence-electron chi connectivity index (χ2n) is 6.78. The number of aromatic nitrogens is 1. The number of unbranched alkanes of at least 4 members (excludes halogenated alkanes) is 1. The number of aliphatic hydroxyl groups excluding tert-OH is 1. The van der Waals surface area contributed by atoms with Crippen molar-refractivity contribution in [3.8, 4) is 0 Å². The summed E-state index contributed by atoms with van der Waals surface area (Å²) >= 11 is 0. The summed E-state index contributed by atoms with van der Waals surface area (Å²) in [5, 5.41) is 10.5. The molecule has 1 N–H and O–H groups in total. The molecule has 0 bridgehead atoms. The average molecular weight is 338 g/mol. The number of aryl methyl sites for hydroxylation is 1. The Hall–Kier alpha value is -2.20. The maximum Gasteiger partial charge on any atom is 0.222 e. The molecule has 0 aliphatic carbocycles. The highest BCUT2D eigenvalue weighted by molar-refractivity contribution is 5.76. The number of hydrogen-bond donors (Lipinski definition) is 1. The van der Waals surface area contributed by atoms with Gasteiger partial charge in [0.05, 0.1) is 6.10 Å². The van der Waals surface area contributed by atoms with Crippen molar-refractivity contribution in [3.63, 3.8) is 0 Å². The zero-order valence-electron chi connectivity index (χ0n) is 14.6. The van der Waals surface area contributed by atoms with E-state index in [1.807, 2.05) is 35.4 Å². The summed E-state index contributed by atoms with van der Waals surface area (Å²) in [7, 11) is 0. The predicted octanol–water partition coefficient (Wildman–Crippen LogP) is 3.17. The number of β-amino-alcohol motifs (C(OH)–C–C–N with tert-alkyl or cyclic N) is 1. The fourth-order valence-electron chi connectivity index (χ4n) is 3.56. The molecule has 0 spiro atoms. The highest BCUT2D eigenvalue weighted by atomic mass is 16.3. The molecule has 1 saturated heterocycles. The van der Waals surface area contributed by atoms with E-state index in [2.05, 4.69) is 23.2 Å². The minimum atomic E-state index is -0.476. The summed E-state index contributed by atoms with van der Waals surface area (Å²) < 4.78 is 0. The Labute approximate surface area is 149 Å². The van der Waals surface area contributed by atoms with E-state index in [0.717, 1.165) is 32.2 Å². The van der Waals surface area contributed by atoms with E-state index in [4.69, 9.17) is 0 Å². The monoisotopic (exact) mass is 338 g/mol. The van der Waals surface area contributed by atoms with Crippen molar-refractivity contribution >= 4 is 5.91 Å². The normalized spacial score (nSPS) is 20.4. The van der Waals surface area contributed by atoms with E-state index in [1.165, 1.54) is 11.1 Å². The molecule has 132 valence electrons. The van der Waals surface area contributed by atoms with Crippen LogP contribution in [0.4, 0.5) is 0 Å². The fraction of sp³-hybridized carbons (Fsp3) is 0.429. The lowest BCUT2D eigenvalue weighted by Gasteiger charge is -2.36. The van der Waals surface area contributed by atoms with E-state index in [0.29, 0.717) is 13.0 Å². The summed E-state index contributed by atoms with van der Waals surface area (Å²) in [6.07, 6.45) is 7.39. The standard InChI is InChI=1S/C21H26N2O2/c24-20-16-23(14-12-19(20)18-9-2-1-3-10-18)21(25)11-5-4-7-17-8-6-13-22-15-17/h1-3,6,8-10,13,15,19-20,24H,4-5,7,11-12,14,16H2/t19-,20-/m1/s1. The van der Waals surface area contributed by atoms with Gasteiger partial charge in [0.15, 0.2) is 0 Å². The third-order valence-corrected chi connectivity index (χ3v) is 4.99. The van der Waals surface area contributed by atoms with Gasteiger partial charge in [-0.3, -0.25) is 9.78 Å². The quantitative estimate of drug-likeness (QED) is 0.823. The van der Waals surface area contributed by atoms with Crippen molar-refractivity contribution in [2.75, 3.05) is 13.1 Å². The van der Waals surface area contributed by atoms with Crippen LogP contribution < -0.4 is 0 Å². The summed E-state index contributed by atoms with van der Waals surface area (Å²) in [5.41, 5.74) is 2.38. The molecule has 1 aromatic heterocycles. The Bertz CT molecular complexity index is 660. The third kappa shape index (κ3) is 4.89. The first-order valence-corrected chi connectivity index (χ1v) is 9.14. The summed E-state index contributed by atoms with van der Waals surface area (Å²) in [5.74, 6) is 0.299. The van der Waals surface area contributed by atoms with Gasteiger partial charge in [0.2, 0.25) is 5.91 Å². The molecule has 25 heavy (non-hydrogen) atoms. The molecule has 3 rings (SSSR count). The van der Waals surface area contributed by atoms with Crippen molar-refractivity contribution in [1.29, 1.82) is 0 Å². The van der Waals surface area contributed by atoms with Crippen molar-refractivity contribution in [3.05, 3.63) is 66.0 Å². The topological polar surface area (TPSA) is 53.4 Å². The lowest BCUT2D eigenvalue weighted by atomic mass is 9.87. The van der Waals surface area contributed by atoms with Crippen LogP contribution in [0.25, 0.3) is 0 Å². The number of carbonyl (C=O) groups excluding carboxylic acids is 1. The predicted molar refractivity (Wildman–Crippen MR) is 98.2 cm³/mol. The van der Waals surface area contributed by atoms with Crippen LogP contribution >= 0.6 is 0 Å². The maximum atomic E-state index is 12.4. The largest absolute Gasteiger partial charge is 0.391 e. The second-order valence-corrected chi connectivity index (χ2v) is 6.78. The highest BCUT2D eigenvalue weighted by Gasteiger charge is 2.30. The molecule has 4 heteroatoms. The van der Waals surface area contributed by atoms with Crippen LogP contribution in [0.1, 0.15) is 42.7 Å². The lowest BCUT2D eigenvalue weighted by Crippen LogP contribution is -2.45. The van der Waals surface area contributed by atoms with Crippen molar-refractivity contribution in [2.45, 2.75) is 44.1 Å². The molecule has 0 unspecified atom stereocenters. The van der Waals surface area contributed by atoms with Crippen LogP contribution in [0.3, 0.4) is 0 Å². The van der Waals surface area contributed by atoms with Gasteiger partial charge in [-0.2, -0.15) is 0 Å². The second kappa shape index (κ2) is 8.77. The van der Waals surface area contributed by atoms with Gasteiger partial charge in [-0.15, -0.1) is 0 Å². The maximum absolute atomic E-state index is 12.4. The Kier molecular flexibility index (Phi) is 6.18. The van der Waals surface area contributed by atoms with E-state index in [1.54, 1.807) is 6.20 Å². The fourth-order valence-corrected chi connectivity index (χ4v) is 3.56. The molecule has 2 heterocycles. The summed E-state index contributed by atoms with van der Waals surface area (Å²) in [6.45, 7) is 1.18. The van der Waals surface area contributed by atoms with Crippen LogP contribution in [-0.4, -0.2) is 40.1 Å². The molecule has 4 nitrogen and oxygen atoms in total. The van der Waals surface area contributed by atoms with Gasteiger partial charge in [0, 0.05) is 37.8 Å². The van der Waals surface area contributed by atoms with Crippen LogP contribution in [0, 0.1) is 0 Å². The molecular formula is C21H26N2O2. The first-order valence-electron chi connectivity index (χ1n) is 9.14. The van der Waals surface area contributed by atoms with E-state index >= 15 is 0 Å². The van der Waals surface area contributed by atoms with Gasteiger partial charge in [-0.1, -0.05) is 36.4 Å². The number of amides is 1. The molecule has 1 aliphatic heterocycles. The zero-order chi connectivity index (χ0) is 17.5. The zero-order valence-corrected chi connectivity index (χ0v) is 14.6.